The summed E-state index contributed by atoms with van der Waals surface area (Å²) in [7, 11) is -6.58. The molecule has 18 heavy (non-hydrogen) atoms. The molecule has 0 radical (unpaired) electrons. The van der Waals surface area contributed by atoms with Crippen LogP contribution >= 0.6 is 0 Å². The molecule has 108 valence electrons. The predicted molar refractivity (Wildman–Crippen MR) is 39.4 cm³/mol. The third kappa shape index (κ3) is 6.48. The normalized spacial score (nSPS) is 16.4. The molecule has 1 rings (SSSR count). The lowest BCUT2D eigenvalue weighted by atomic mass is 10.8. The topological polar surface area (TPSA) is 78.9 Å². The molecule has 1 fully saturated rings. The van der Waals surface area contributed by atoms with Gasteiger partial charge >= 0.3 is 28.1 Å². The third-order valence-electron chi connectivity index (χ3n) is 1.01. The van der Waals surface area contributed by atoms with Gasteiger partial charge in [0.05, 0.1) is 0 Å². The number of hydrogen-bond donors (Lipinski definition) is 0. The predicted octanol–water partition coefficient (Wildman–Crippen LogP) is 1.53. The second kappa shape index (κ2) is 5.60. The van der Waals surface area contributed by atoms with E-state index in [0.29, 0.717) is 13.2 Å². The first kappa shape index (κ1) is 16.8. The van der Waals surface area contributed by atoms with E-state index < -0.39 is 28.1 Å². The fourth-order valence-corrected chi connectivity index (χ4v) is 0.807. The molecule has 0 spiro atoms. The SMILES string of the molecule is O=C1OCCO1.O=S(=O)(OC(F)(F)F)C(F)(F)F. The standard InChI is InChI=1S/C3H4O3.C2F6O3S/c4-3-5-1-2-6-3;3-1(4,5)11-12(9,10)2(6,7)8/h1-2H2;. The Balaban J connectivity index is 0.000000397. The van der Waals surface area contributed by atoms with E-state index in [1.54, 1.807) is 0 Å². The van der Waals surface area contributed by atoms with Crippen LogP contribution in [0.1, 0.15) is 0 Å². The zero-order valence-electron chi connectivity index (χ0n) is 8.04. The summed E-state index contributed by atoms with van der Waals surface area (Å²) in [4.78, 5) is 9.80. The molecule has 0 saturated carbocycles. The minimum atomic E-state index is -6.58. The van der Waals surface area contributed by atoms with E-state index in [1.807, 2.05) is 4.18 Å². The minimum Gasteiger partial charge on any atom is -0.431 e. The summed E-state index contributed by atoms with van der Waals surface area (Å²) in [5, 5.41) is 0. The maximum absolute atomic E-state index is 11.2. The molecule has 0 atom stereocenters. The minimum absolute atomic E-state index is 0.416. The summed E-state index contributed by atoms with van der Waals surface area (Å²) >= 11 is 0. The van der Waals surface area contributed by atoms with Gasteiger partial charge in [-0.05, 0) is 0 Å². The monoisotopic (exact) mass is 306 g/mol. The number of carbonyl (C=O) groups excluding carboxylic acids is 1. The molecule has 0 amide bonds. The number of hydrogen-bond acceptors (Lipinski definition) is 6. The van der Waals surface area contributed by atoms with E-state index in [0.717, 1.165) is 0 Å². The quantitative estimate of drug-likeness (QED) is 0.316. The Kier molecular flexibility index (Phi) is 5.21. The lowest BCUT2D eigenvalue weighted by Crippen LogP contribution is -2.31. The van der Waals surface area contributed by atoms with Gasteiger partial charge in [0.2, 0.25) is 0 Å². The molecule has 0 aromatic rings. The van der Waals surface area contributed by atoms with Crippen molar-refractivity contribution in [1.82, 2.24) is 0 Å². The van der Waals surface area contributed by atoms with E-state index in [-0.39, 0.29) is 0 Å². The van der Waals surface area contributed by atoms with Crippen LogP contribution in [0.2, 0.25) is 0 Å². The number of cyclic esters (lactones) is 2. The first-order valence-electron chi connectivity index (χ1n) is 3.73. The maximum atomic E-state index is 11.2. The fraction of sp³-hybridized carbons (Fsp3) is 0.800. The molecule has 0 aromatic heterocycles. The van der Waals surface area contributed by atoms with Crippen molar-refractivity contribution in [2.45, 2.75) is 11.9 Å². The van der Waals surface area contributed by atoms with Crippen molar-refractivity contribution < 1.29 is 53.2 Å². The average molecular weight is 306 g/mol. The van der Waals surface area contributed by atoms with Gasteiger partial charge < -0.3 is 9.47 Å². The van der Waals surface area contributed by atoms with Crippen molar-refractivity contribution in [3.8, 4) is 0 Å². The third-order valence-corrected chi connectivity index (χ3v) is 1.99. The van der Waals surface area contributed by atoms with Gasteiger partial charge in [0.1, 0.15) is 13.2 Å². The van der Waals surface area contributed by atoms with Gasteiger partial charge in [0.25, 0.3) is 0 Å². The van der Waals surface area contributed by atoms with E-state index >= 15 is 0 Å². The van der Waals surface area contributed by atoms with Crippen LogP contribution in [0.5, 0.6) is 0 Å². The first-order chi connectivity index (χ1) is 7.85. The van der Waals surface area contributed by atoms with Crippen molar-refractivity contribution in [3.05, 3.63) is 0 Å². The van der Waals surface area contributed by atoms with Crippen molar-refractivity contribution in [3.63, 3.8) is 0 Å². The van der Waals surface area contributed by atoms with Gasteiger partial charge in [-0.1, -0.05) is 0 Å². The molecule has 0 aromatic carbocycles. The van der Waals surface area contributed by atoms with E-state index in [1.165, 1.54) is 0 Å². The van der Waals surface area contributed by atoms with Gasteiger partial charge in [0, 0.05) is 0 Å². The Morgan fingerprint density at radius 3 is 1.50 bits per heavy atom. The van der Waals surface area contributed by atoms with Crippen LogP contribution in [0.3, 0.4) is 0 Å². The molecule has 1 heterocycles. The number of carbonyl (C=O) groups is 1. The van der Waals surface area contributed by atoms with Crippen LogP contribution < -0.4 is 0 Å². The molecule has 0 aliphatic carbocycles. The van der Waals surface area contributed by atoms with Gasteiger partial charge in [-0.15, -0.1) is 13.2 Å². The molecule has 1 saturated heterocycles. The zero-order chi connectivity index (χ0) is 14.6. The van der Waals surface area contributed by atoms with Gasteiger partial charge in [-0.3, -0.25) is 0 Å². The van der Waals surface area contributed by atoms with Gasteiger partial charge in [0.15, 0.2) is 0 Å². The van der Waals surface area contributed by atoms with Crippen molar-refractivity contribution in [1.29, 1.82) is 0 Å². The summed E-state index contributed by atoms with van der Waals surface area (Å²) in [5.74, 6) is 0. The number of ether oxygens (including phenoxy) is 2. The van der Waals surface area contributed by atoms with Crippen LogP contribution in [0.4, 0.5) is 31.1 Å². The average Bonchev–Trinajstić information content (AvgIpc) is 2.50. The molecule has 0 N–H and O–H groups in total. The van der Waals surface area contributed by atoms with Crippen LogP contribution in [-0.4, -0.2) is 39.7 Å². The summed E-state index contributed by atoms with van der Waals surface area (Å²) in [6.07, 6.45) is -6.41. The molecule has 0 bridgehead atoms. The summed E-state index contributed by atoms with van der Waals surface area (Å²) < 4.78 is 96.0. The maximum Gasteiger partial charge on any atom is 0.537 e. The Morgan fingerprint density at radius 2 is 1.39 bits per heavy atom. The zero-order valence-corrected chi connectivity index (χ0v) is 8.86. The molecular formula is C5H4F6O6S. The molecule has 6 nitrogen and oxygen atoms in total. The highest BCUT2D eigenvalue weighted by Crippen LogP contribution is 2.30. The number of rotatable bonds is 1. The highest BCUT2D eigenvalue weighted by Gasteiger charge is 2.53. The molecule has 13 heteroatoms. The first-order valence-corrected chi connectivity index (χ1v) is 5.14. The van der Waals surface area contributed by atoms with Crippen LogP contribution in [-0.2, 0) is 23.8 Å². The number of halogens is 6. The van der Waals surface area contributed by atoms with Crippen molar-refractivity contribution in [2.24, 2.45) is 0 Å². The van der Waals surface area contributed by atoms with E-state index in [9.17, 15) is 39.6 Å². The Labute approximate surface area is 95.5 Å². The van der Waals surface area contributed by atoms with E-state index in [2.05, 4.69) is 9.47 Å². The van der Waals surface area contributed by atoms with Crippen LogP contribution in [0, 0.1) is 0 Å². The largest absolute Gasteiger partial charge is 0.537 e. The Morgan fingerprint density at radius 1 is 1.00 bits per heavy atom. The molecular weight excluding hydrogens is 302 g/mol. The van der Waals surface area contributed by atoms with E-state index in [4.69, 9.17) is 0 Å². The highest BCUT2D eigenvalue weighted by atomic mass is 32.2. The van der Waals surface area contributed by atoms with Crippen LogP contribution in [0.15, 0.2) is 0 Å². The summed E-state index contributed by atoms with van der Waals surface area (Å²) in [5.41, 5.74) is -6.07. The summed E-state index contributed by atoms with van der Waals surface area (Å²) in [6, 6.07) is 0. The van der Waals surface area contributed by atoms with Crippen LogP contribution in [0.25, 0.3) is 0 Å². The Hall–Kier alpha value is -1.24. The van der Waals surface area contributed by atoms with Crippen molar-refractivity contribution in [2.75, 3.05) is 13.2 Å². The smallest absolute Gasteiger partial charge is 0.431 e. The molecule has 1 aliphatic heterocycles. The second-order valence-electron chi connectivity index (χ2n) is 2.38. The lowest BCUT2D eigenvalue weighted by molar-refractivity contribution is -0.277. The summed E-state index contributed by atoms with van der Waals surface area (Å²) in [6.45, 7) is 0.831. The Bertz CT molecular complexity index is 374. The molecule has 0 unspecified atom stereocenters. The van der Waals surface area contributed by atoms with Gasteiger partial charge in [-0.2, -0.15) is 25.8 Å². The fourth-order valence-electron chi connectivity index (χ4n) is 0.463. The number of alkyl halides is 6. The second-order valence-corrected chi connectivity index (χ2v) is 3.91. The lowest BCUT2D eigenvalue weighted by Gasteiger charge is -2.09. The van der Waals surface area contributed by atoms with Crippen molar-refractivity contribution >= 4 is 16.3 Å². The molecule has 1 aliphatic rings. The van der Waals surface area contributed by atoms with Gasteiger partial charge in [-0.25, -0.2) is 4.79 Å². The highest BCUT2D eigenvalue weighted by molar-refractivity contribution is 7.87.